The van der Waals surface area contributed by atoms with Crippen LogP contribution in [0.4, 0.5) is 18.9 Å². The Morgan fingerprint density at radius 2 is 1.91 bits per heavy atom. The maximum Gasteiger partial charge on any atom is 0.416 e. The molecule has 5 nitrogen and oxygen atoms in total. The van der Waals surface area contributed by atoms with Crippen LogP contribution in [-0.4, -0.2) is 21.2 Å². The molecule has 32 heavy (non-hydrogen) atoms. The lowest BCUT2D eigenvalue weighted by Crippen LogP contribution is -2.22. The number of aryl methyl sites for hydroxylation is 1. The zero-order chi connectivity index (χ0) is 22.9. The van der Waals surface area contributed by atoms with Gasteiger partial charge in [0.25, 0.3) is 5.56 Å². The first-order valence-electron chi connectivity index (χ1n) is 9.39. The van der Waals surface area contributed by atoms with Gasteiger partial charge in [-0.1, -0.05) is 23.9 Å². The fraction of sp³-hybridized carbons (Fsp3) is 0.136. The summed E-state index contributed by atoms with van der Waals surface area (Å²) in [6.07, 6.45) is -4.44. The molecule has 0 bridgehead atoms. The highest BCUT2D eigenvalue weighted by Crippen LogP contribution is 2.30. The zero-order valence-corrected chi connectivity index (χ0v) is 18.3. The van der Waals surface area contributed by atoms with Crippen LogP contribution in [0.1, 0.15) is 11.1 Å². The van der Waals surface area contributed by atoms with Gasteiger partial charge >= 0.3 is 6.18 Å². The Morgan fingerprint density at radius 3 is 2.59 bits per heavy atom. The van der Waals surface area contributed by atoms with E-state index in [2.05, 4.69) is 10.3 Å². The van der Waals surface area contributed by atoms with Crippen molar-refractivity contribution in [3.63, 3.8) is 0 Å². The van der Waals surface area contributed by atoms with Crippen LogP contribution in [0.15, 0.2) is 69.9 Å². The minimum atomic E-state index is -4.44. The Morgan fingerprint density at radius 1 is 1.16 bits per heavy atom. The predicted molar refractivity (Wildman–Crippen MR) is 121 cm³/mol. The second-order valence-corrected chi connectivity index (χ2v) is 8.78. The summed E-state index contributed by atoms with van der Waals surface area (Å²) in [7, 11) is 0. The van der Waals surface area contributed by atoms with Gasteiger partial charge < -0.3 is 5.32 Å². The summed E-state index contributed by atoms with van der Waals surface area (Å²) < 4.78 is 40.1. The molecule has 0 radical (unpaired) electrons. The Balaban J connectivity index is 1.57. The first kappa shape index (κ1) is 22.1. The topological polar surface area (TPSA) is 64.0 Å². The van der Waals surface area contributed by atoms with Gasteiger partial charge in [-0.25, -0.2) is 4.98 Å². The predicted octanol–water partition coefficient (Wildman–Crippen LogP) is 5.51. The zero-order valence-electron chi connectivity index (χ0n) is 16.6. The quantitative estimate of drug-likeness (QED) is 0.306. The minimum absolute atomic E-state index is 0.0745. The SMILES string of the molecule is Cc1cccc(-n2c(SCC(=O)Nc3ccc(C(F)(F)F)cc3)nc3ccsc3c2=O)c1. The lowest BCUT2D eigenvalue weighted by atomic mass is 10.2. The second kappa shape index (κ2) is 8.79. The summed E-state index contributed by atoms with van der Waals surface area (Å²) in [6, 6.07) is 13.4. The number of thiophene rings is 1. The van der Waals surface area contributed by atoms with Crippen molar-refractivity contribution in [2.45, 2.75) is 18.3 Å². The van der Waals surface area contributed by atoms with Gasteiger partial charge in [0.1, 0.15) is 4.70 Å². The summed E-state index contributed by atoms with van der Waals surface area (Å²) in [5, 5.41) is 4.70. The van der Waals surface area contributed by atoms with Crippen molar-refractivity contribution in [1.82, 2.24) is 9.55 Å². The van der Waals surface area contributed by atoms with E-state index in [1.807, 2.05) is 25.1 Å². The average Bonchev–Trinajstić information content (AvgIpc) is 3.21. The number of benzene rings is 2. The molecule has 2 aromatic heterocycles. The fourth-order valence-corrected chi connectivity index (χ4v) is 4.63. The number of fused-ring (bicyclic) bond motifs is 1. The number of thioether (sulfide) groups is 1. The Bertz CT molecular complexity index is 1350. The van der Waals surface area contributed by atoms with Crippen LogP contribution >= 0.6 is 23.1 Å². The lowest BCUT2D eigenvalue weighted by molar-refractivity contribution is -0.137. The van der Waals surface area contributed by atoms with Crippen molar-refractivity contribution in [3.05, 3.63) is 81.5 Å². The molecule has 0 unspecified atom stereocenters. The smallest absolute Gasteiger partial charge is 0.325 e. The van der Waals surface area contributed by atoms with E-state index in [0.717, 1.165) is 29.5 Å². The number of alkyl halides is 3. The number of carbonyl (C=O) groups is 1. The van der Waals surface area contributed by atoms with Crippen LogP contribution < -0.4 is 10.9 Å². The van der Waals surface area contributed by atoms with E-state index in [1.54, 1.807) is 17.5 Å². The molecule has 0 saturated carbocycles. The standard InChI is InChI=1S/C22H16F3N3O2S2/c1-13-3-2-4-16(11-13)28-20(30)19-17(9-10-31-19)27-21(28)32-12-18(29)26-15-7-5-14(6-8-15)22(23,24)25/h2-11H,12H2,1H3,(H,26,29). The van der Waals surface area contributed by atoms with Crippen LogP contribution in [0.3, 0.4) is 0 Å². The van der Waals surface area contributed by atoms with E-state index in [1.165, 1.54) is 28.0 Å². The number of anilines is 1. The van der Waals surface area contributed by atoms with E-state index in [4.69, 9.17) is 0 Å². The first-order valence-corrected chi connectivity index (χ1v) is 11.3. The molecule has 1 amide bonds. The summed E-state index contributed by atoms with van der Waals surface area (Å²) in [5.41, 5.74) is 1.40. The molecular weight excluding hydrogens is 459 g/mol. The van der Waals surface area contributed by atoms with E-state index < -0.39 is 17.6 Å². The van der Waals surface area contributed by atoms with Gasteiger partial charge in [-0.2, -0.15) is 13.2 Å². The molecular formula is C22H16F3N3O2S2. The van der Waals surface area contributed by atoms with E-state index in [0.29, 0.717) is 21.1 Å². The Labute approximate surface area is 188 Å². The number of hydrogen-bond donors (Lipinski definition) is 1. The molecule has 2 aromatic carbocycles. The summed E-state index contributed by atoms with van der Waals surface area (Å²) in [6.45, 7) is 1.91. The molecule has 0 saturated heterocycles. The fourth-order valence-electron chi connectivity index (χ4n) is 3.05. The van der Waals surface area contributed by atoms with Crippen LogP contribution in [-0.2, 0) is 11.0 Å². The number of amides is 1. The van der Waals surface area contributed by atoms with Gasteiger partial charge in [-0.05, 0) is 60.3 Å². The van der Waals surface area contributed by atoms with E-state index in [-0.39, 0.29) is 17.0 Å². The van der Waals surface area contributed by atoms with Crippen LogP contribution in [0.5, 0.6) is 0 Å². The van der Waals surface area contributed by atoms with Gasteiger partial charge in [0.2, 0.25) is 5.91 Å². The number of nitrogens with one attached hydrogen (secondary N) is 1. The maximum atomic E-state index is 13.1. The highest BCUT2D eigenvalue weighted by Gasteiger charge is 2.30. The first-order chi connectivity index (χ1) is 15.2. The number of halogens is 3. The molecule has 1 N–H and O–H groups in total. The van der Waals surface area contributed by atoms with Crippen molar-refractivity contribution in [3.8, 4) is 5.69 Å². The number of hydrogen-bond acceptors (Lipinski definition) is 5. The normalized spacial score (nSPS) is 11.6. The van der Waals surface area contributed by atoms with Crippen molar-refractivity contribution >= 4 is 44.9 Å². The minimum Gasteiger partial charge on any atom is -0.325 e. The lowest BCUT2D eigenvalue weighted by Gasteiger charge is -2.13. The maximum absolute atomic E-state index is 13.1. The molecule has 0 spiro atoms. The van der Waals surface area contributed by atoms with Crippen molar-refractivity contribution in [2.24, 2.45) is 0 Å². The monoisotopic (exact) mass is 475 g/mol. The molecule has 164 valence electrons. The van der Waals surface area contributed by atoms with Crippen molar-refractivity contribution in [1.29, 1.82) is 0 Å². The molecule has 0 atom stereocenters. The highest BCUT2D eigenvalue weighted by atomic mass is 32.2. The van der Waals surface area contributed by atoms with Gasteiger partial charge in [0.05, 0.1) is 22.5 Å². The Kier molecular flexibility index (Phi) is 6.07. The summed E-state index contributed by atoms with van der Waals surface area (Å²) in [4.78, 5) is 30.1. The number of nitrogens with zero attached hydrogens (tertiary/aromatic N) is 2. The molecule has 10 heteroatoms. The second-order valence-electron chi connectivity index (χ2n) is 6.92. The molecule has 0 aliphatic heterocycles. The molecule has 0 aliphatic rings. The number of carbonyl (C=O) groups excluding carboxylic acids is 1. The average molecular weight is 476 g/mol. The summed E-state index contributed by atoms with van der Waals surface area (Å²) in [5.74, 6) is -0.500. The largest absolute Gasteiger partial charge is 0.416 e. The molecule has 4 aromatic rings. The van der Waals surface area contributed by atoms with Crippen LogP contribution in [0.25, 0.3) is 15.9 Å². The van der Waals surface area contributed by atoms with Gasteiger partial charge in [0, 0.05) is 5.69 Å². The summed E-state index contributed by atoms with van der Waals surface area (Å²) >= 11 is 2.38. The number of rotatable bonds is 5. The van der Waals surface area contributed by atoms with Crippen LogP contribution in [0.2, 0.25) is 0 Å². The third-order valence-electron chi connectivity index (χ3n) is 4.54. The van der Waals surface area contributed by atoms with Gasteiger partial charge in [0.15, 0.2) is 5.16 Å². The Hall–Kier alpha value is -3.11. The molecule has 2 heterocycles. The molecule has 4 rings (SSSR count). The molecule has 0 fully saturated rings. The van der Waals surface area contributed by atoms with Gasteiger partial charge in [-0.3, -0.25) is 14.2 Å². The van der Waals surface area contributed by atoms with Crippen LogP contribution in [0, 0.1) is 6.92 Å². The number of aromatic nitrogens is 2. The van der Waals surface area contributed by atoms with Gasteiger partial charge in [-0.15, -0.1) is 11.3 Å². The highest BCUT2D eigenvalue weighted by molar-refractivity contribution is 7.99. The third kappa shape index (κ3) is 4.71. The van der Waals surface area contributed by atoms with Crippen molar-refractivity contribution < 1.29 is 18.0 Å². The van der Waals surface area contributed by atoms with E-state index in [9.17, 15) is 22.8 Å². The van der Waals surface area contributed by atoms with E-state index >= 15 is 0 Å². The van der Waals surface area contributed by atoms with Crippen molar-refractivity contribution in [2.75, 3.05) is 11.1 Å². The molecule has 0 aliphatic carbocycles. The third-order valence-corrected chi connectivity index (χ3v) is 6.37.